The molecule has 3 aliphatic rings. The molecule has 2 fully saturated rings. The Kier molecular flexibility index (Phi) is 5.66. The summed E-state index contributed by atoms with van der Waals surface area (Å²) in [6.45, 7) is 3.00. The number of nitrogens with one attached hydrogen (secondary N) is 1. The summed E-state index contributed by atoms with van der Waals surface area (Å²) in [5.41, 5.74) is 2.24. The number of aryl methyl sites for hydroxylation is 1. The summed E-state index contributed by atoms with van der Waals surface area (Å²) in [6.07, 6.45) is 2.96. The van der Waals surface area contributed by atoms with Gasteiger partial charge in [-0.3, -0.25) is 29.4 Å². The minimum absolute atomic E-state index is 0.105. The average Bonchev–Trinajstić information content (AvgIpc) is 3.48. The maximum Gasteiger partial charge on any atom is 0.338 e. The van der Waals surface area contributed by atoms with Crippen LogP contribution in [-0.4, -0.2) is 35.2 Å². The summed E-state index contributed by atoms with van der Waals surface area (Å²) in [5, 5.41) is 13.5. The van der Waals surface area contributed by atoms with E-state index in [-0.39, 0.29) is 52.4 Å². The second-order valence-corrected chi connectivity index (χ2v) is 9.41. The maximum absolute atomic E-state index is 13.1. The molecule has 1 aliphatic heterocycles. The zero-order valence-corrected chi connectivity index (χ0v) is 19.6. The van der Waals surface area contributed by atoms with Gasteiger partial charge in [0.05, 0.1) is 28.0 Å². The Morgan fingerprint density at radius 1 is 1.08 bits per heavy atom. The van der Waals surface area contributed by atoms with Gasteiger partial charge >= 0.3 is 5.97 Å². The van der Waals surface area contributed by atoms with E-state index in [0.717, 1.165) is 6.42 Å². The molecule has 0 aromatic heterocycles. The number of esters is 1. The molecule has 4 atom stereocenters. The van der Waals surface area contributed by atoms with Crippen molar-refractivity contribution in [2.24, 2.45) is 23.7 Å². The van der Waals surface area contributed by atoms with Gasteiger partial charge in [0.25, 0.3) is 11.6 Å². The lowest BCUT2D eigenvalue weighted by molar-refractivity contribution is -0.385. The predicted molar refractivity (Wildman–Crippen MR) is 128 cm³/mol. The summed E-state index contributed by atoms with van der Waals surface area (Å²) in [6, 6.07) is 10.1. The van der Waals surface area contributed by atoms with E-state index in [9.17, 15) is 29.3 Å². The third-order valence-electron chi connectivity index (χ3n) is 7.27. The molecule has 1 N–H and O–H groups in total. The topological polar surface area (TPSA) is 136 Å². The Labute approximate surface area is 206 Å². The number of carbonyl (C=O) groups is 4. The van der Waals surface area contributed by atoms with Crippen LogP contribution in [0.5, 0.6) is 0 Å². The SMILES string of the molecule is CC1=C[C@H]2C[C@H]1[C@@H]1C(=O)N(c3ccc(C(=O)OCC(=O)Nc4ccc(C)c([N+](=O)[O-])c4)cc3)C(=O)[C@H]12. The van der Waals surface area contributed by atoms with Gasteiger partial charge in [-0.05, 0) is 62.4 Å². The van der Waals surface area contributed by atoms with Crippen LogP contribution in [0.1, 0.15) is 29.3 Å². The van der Waals surface area contributed by atoms with E-state index in [1.165, 1.54) is 52.9 Å². The summed E-state index contributed by atoms with van der Waals surface area (Å²) >= 11 is 0. The highest BCUT2D eigenvalue weighted by Crippen LogP contribution is 2.55. The van der Waals surface area contributed by atoms with Gasteiger partial charge in [0.1, 0.15) is 0 Å². The first-order valence-corrected chi connectivity index (χ1v) is 11.5. The van der Waals surface area contributed by atoms with Gasteiger partial charge in [0.2, 0.25) is 11.8 Å². The number of nitrogens with zero attached hydrogens (tertiary/aromatic N) is 2. The number of nitro groups is 1. The number of hydrogen-bond donors (Lipinski definition) is 1. The van der Waals surface area contributed by atoms with Crippen LogP contribution in [0.3, 0.4) is 0 Å². The Morgan fingerprint density at radius 3 is 2.47 bits per heavy atom. The Bertz CT molecular complexity index is 1350. The van der Waals surface area contributed by atoms with Crippen LogP contribution in [0.4, 0.5) is 17.1 Å². The molecule has 36 heavy (non-hydrogen) atoms. The molecule has 10 nitrogen and oxygen atoms in total. The van der Waals surface area contributed by atoms with Crippen molar-refractivity contribution in [3.63, 3.8) is 0 Å². The van der Waals surface area contributed by atoms with Crippen LogP contribution in [0.15, 0.2) is 54.1 Å². The highest BCUT2D eigenvalue weighted by molar-refractivity contribution is 6.23. The van der Waals surface area contributed by atoms with Crippen LogP contribution < -0.4 is 10.2 Å². The molecule has 2 aromatic rings. The lowest BCUT2D eigenvalue weighted by Gasteiger charge is -2.19. The molecule has 2 aliphatic carbocycles. The molecule has 10 heteroatoms. The van der Waals surface area contributed by atoms with Crippen LogP contribution in [0.25, 0.3) is 0 Å². The van der Waals surface area contributed by atoms with Gasteiger partial charge in [-0.1, -0.05) is 17.7 Å². The zero-order chi connectivity index (χ0) is 25.7. The first-order chi connectivity index (χ1) is 17.2. The summed E-state index contributed by atoms with van der Waals surface area (Å²) in [4.78, 5) is 62.3. The minimum Gasteiger partial charge on any atom is -0.452 e. The molecule has 3 amide bonds. The van der Waals surface area contributed by atoms with Crippen molar-refractivity contribution < 1.29 is 28.8 Å². The Morgan fingerprint density at radius 2 is 1.78 bits per heavy atom. The van der Waals surface area contributed by atoms with E-state index >= 15 is 0 Å². The van der Waals surface area contributed by atoms with Gasteiger partial charge in [-0.2, -0.15) is 0 Å². The largest absolute Gasteiger partial charge is 0.452 e. The van der Waals surface area contributed by atoms with E-state index in [0.29, 0.717) is 11.3 Å². The van der Waals surface area contributed by atoms with E-state index < -0.39 is 23.4 Å². The number of amides is 3. The van der Waals surface area contributed by atoms with E-state index in [1.807, 2.05) is 6.92 Å². The lowest BCUT2D eigenvalue weighted by atomic mass is 9.82. The number of fused-ring (bicyclic) bond motifs is 5. The third kappa shape index (κ3) is 3.84. The molecule has 1 saturated carbocycles. The second kappa shape index (κ2) is 8.71. The fourth-order valence-corrected chi connectivity index (χ4v) is 5.57. The quantitative estimate of drug-likeness (QED) is 0.216. The number of anilines is 2. The number of benzene rings is 2. The molecule has 2 bridgehead atoms. The van der Waals surface area contributed by atoms with Crippen molar-refractivity contribution in [2.45, 2.75) is 20.3 Å². The number of rotatable bonds is 6. The molecule has 184 valence electrons. The van der Waals surface area contributed by atoms with E-state index in [2.05, 4.69) is 11.4 Å². The third-order valence-corrected chi connectivity index (χ3v) is 7.27. The molecule has 0 spiro atoms. The first-order valence-electron chi connectivity index (χ1n) is 11.5. The molecule has 0 radical (unpaired) electrons. The summed E-state index contributed by atoms with van der Waals surface area (Å²) < 4.78 is 5.04. The number of hydrogen-bond acceptors (Lipinski definition) is 7. The van der Waals surface area contributed by atoms with E-state index in [1.54, 1.807) is 6.92 Å². The first kappa shape index (κ1) is 23.4. The number of nitro benzene ring substituents is 1. The van der Waals surface area contributed by atoms with Crippen molar-refractivity contribution in [2.75, 3.05) is 16.8 Å². The molecule has 1 saturated heterocycles. The standard InChI is InChI=1S/C26H23N3O7/c1-13-3-6-17(11-20(13)29(34)35)27-21(30)12-36-26(33)15-4-7-18(8-5-15)28-24(31)22-16-9-14(2)19(10-16)23(22)25(28)32/h3-9,11,16,19,22-23H,10,12H2,1-2H3,(H,27,30)/t16-,19+,22-,23-/m0/s1. The zero-order valence-electron chi connectivity index (χ0n) is 19.6. The summed E-state index contributed by atoms with van der Waals surface area (Å²) in [7, 11) is 0. The maximum atomic E-state index is 13.1. The molecule has 2 aromatic carbocycles. The van der Waals surface area contributed by atoms with Gasteiger partial charge in [0.15, 0.2) is 6.61 Å². The average molecular weight is 489 g/mol. The lowest BCUT2D eigenvalue weighted by Crippen LogP contribution is -2.33. The normalized spacial score (nSPS) is 23.9. The van der Waals surface area contributed by atoms with Gasteiger partial charge in [0, 0.05) is 17.3 Å². The molecule has 0 unspecified atom stereocenters. The smallest absolute Gasteiger partial charge is 0.338 e. The van der Waals surface area contributed by atoms with Gasteiger partial charge in [-0.25, -0.2) is 4.79 Å². The number of ether oxygens (including phenoxy) is 1. The van der Waals surface area contributed by atoms with Crippen molar-refractivity contribution >= 4 is 40.8 Å². The predicted octanol–water partition coefficient (Wildman–Crippen LogP) is 3.40. The van der Waals surface area contributed by atoms with Crippen molar-refractivity contribution in [3.05, 3.63) is 75.4 Å². The molecule has 5 rings (SSSR count). The van der Waals surface area contributed by atoms with Crippen LogP contribution >= 0.6 is 0 Å². The van der Waals surface area contributed by atoms with Gasteiger partial charge in [-0.15, -0.1) is 0 Å². The van der Waals surface area contributed by atoms with Crippen LogP contribution in [0, 0.1) is 40.7 Å². The molecule has 1 heterocycles. The second-order valence-electron chi connectivity index (χ2n) is 9.41. The molecular weight excluding hydrogens is 466 g/mol. The Balaban J connectivity index is 1.20. The number of imide groups is 1. The highest BCUT2D eigenvalue weighted by atomic mass is 16.6. The highest BCUT2D eigenvalue weighted by Gasteiger charge is 2.60. The monoisotopic (exact) mass is 489 g/mol. The minimum atomic E-state index is -0.764. The fraction of sp³-hybridized carbons (Fsp3) is 0.308. The Hall–Kier alpha value is -4.34. The van der Waals surface area contributed by atoms with Crippen molar-refractivity contribution in [1.29, 1.82) is 0 Å². The van der Waals surface area contributed by atoms with E-state index in [4.69, 9.17) is 4.74 Å². The van der Waals surface area contributed by atoms with Crippen LogP contribution in [0.2, 0.25) is 0 Å². The summed E-state index contributed by atoms with van der Waals surface area (Å²) in [5.74, 6) is -2.23. The number of allylic oxidation sites excluding steroid dienone is 2. The van der Waals surface area contributed by atoms with Crippen molar-refractivity contribution in [1.82, 2.24) is 0 Å². The molecular formula is C26H23N3O7. The van der Waals surface area contributed by atoms with Gasteiger partial charge < -0.3 is 10.1 Å². The van der Waals surface area contributed by atoms with Crippen molar-refractivity contribution in [3.8, 4) is 0 Å². The van der Waals surface area contributed by atoms with Crippen LogP contribution in [-0.2, 0) is 19.1 Å². The fourth-order valence-electron chi connectivity index (χ4n) is 5.57. The number of carbonyl (C=O) groups excluding carboxylic acids is 4.